The molecule has 0 saturated heterocycles. The Morgan fingerprint density at radius 2 is 0.172 bits per heavy atom. The van der Waals surface area contributed by atoms with Gasteiger partial charge in [0.2, 0.25) is 0 Å². The Morgan fingerprint density at radius 3 is 0.222 bits per heavy atom. The van der Waals surface area contributed by atoms with Crippen molar-refractivity contribution < 1.29 is 182 Å². The van der Waals surface area contributed by atoms with Gasteiger partial charge in [-0.05, 0) is 170 Å². The molecule has 14 aromatic carbocycles. The van der Waals surface area contributed by atoms with Crippen LogP contribution in [0.4, 0.5) is 0 Å². The van der Waals surface area contributed by atoms with Gasteiger partial charge in [0, 0.05) is 0 Å². The summed E-state index contributed by atoms with van der Waals surface area (Å²) in [5, 5.41) is 25.2. The predicted octanol–water partition coefficient (Wildman–Crippen LogP) is -17.2. The van der Waals surface area contributed by atoms with Crippen molar-refractivity contribution in [2.24, 2.45) is 0 Å². The largest absolute Gasteiger partial charge is 1.00 e. The summed E-state index contributed by atoms with van der Waals surface area (Å²) in [5.41, 5.74) is 0. The van der Waals surface area contributed by atoms with E-state index in [1.807, 2.05) is 0 Å². The van der Waals surface area contributed by atoms with Crippen LogP contribution in [-0.4, -0.2) is 7.32 Å². The predicted molar refractivity (Wildman–Crippen MR) is 358 cm³/mol. The van der Waals surface area contributed by atoms with E-state index in [0.29, 0.717) is 0 Å². The van der Waals surface area contributed by atoms with E-state index in [4.69, 9.17) is 15.1 Å². The minimum absolute atomic E-state index is 0. The fraction of sp³-hybridized carbons (Fsp3) is 0. The molecule has 0 aliphatic heterocycles. The fourth-order valence-electron chi connectivity index (χ4n) is 7.57. The van der Waals surface area contributed by atoms with Gasteiger partial charge in [-0.15, -0.1) is 0 Å². The van der Waals surface area contributed by atoms with Crippen molar-refractivity contribution in [3.63, 3.8) is 0 Å². The molecular weight excluding hydrogens is 2030 g/mol. The lowest BCUT2D eigenvalue weighted by atomic mass is 10.3. The number of rotatable bonds is 14. The Bertz CT molecular complexity index is 3070. The summed E-state index contributed by atoms with van der Waals surface area (Å²) in [6.07, 6.45) is 0. The van der Waals surface area contributed by atoms with Gasteiger partial charge >= 0.3 is 148 Å². The minimum atomic E-state index is -2.92. The molecule has 0 N–H and O–H groups in total. The first kappa shape index (κ1) is 87.1. The van der Waals surface area contributed by atoms with Gasteiger partial charge in [0.05, 0.1) is 0 Å². The summed E-state index contributed by atoms with van der Waals surface area (Å²) < 4.78 is 20.7. The summed E-state index contributed by atoms with van der Waals surface area (Å²) in [5.74, 6) is 0. The van der Waals surface area contributed by atoms with Crippen LogP contribution in [0.3, 0.4) is 0 Å². The second-order valence-corrected chi connectivity index (χ2v) is 40.3. The smallest absolute Gasteiger partial charge is 0.357 e. The molecule has 0 fully saturated rings. The SMILES string of the molecule is [F-].[F-].[F-].[F-].[O-]B([O-])[O-].c1ccc([I+]c2ccccc2)cc1.c1ccc([I+]c2ccccc2)cc1.c1ccc([I+]c2ccccc2)cc1.c1ccc([I+]c2ccccc2)cc1.c1ccc([I+]c2ccccc2)cc1.c1ccc([I+]c2ccccc2)cc1.c1ccc([I+]c2ccccc2)cc1. The third kappa shape index (κ3) is 41.4. The minimum Gasteiger partial charge on any atom is -1.00 e. The molecule has 0 saturated carbocycles. The number of halogens is 11. The lowest BCUT2D eigenvalue weighted by molar-refractivity contribution is -0.597. The summed E-state index contributed by atoms with van der Waals surface area (Å²) >= 11 is 0.201. The fourth-order valence-corrected chi connectivity index (χ4v) is 23.5. The van der Waals surface area contributed by atoms with Crippen LogP contribution >= 0.6 is 0 Å². The van der Waals surface area contributed by atoms with Crippen LogP contribution in [0.5, 0.6) is 0 Å². The Kier molecular flexibility index (Phi) is 49.7. The average Bonchev–Trinajstić information content (AvgIpc) is 2.02. The molecule has 0 heterocycles. The van der Waals surface area contributed by atoms with Crippen LogP contribution in [0.1, 0.15) is 0 Å². The van der Waals surface area contributed by atoms with Crippen molar-refractivity contribution in [2.75, 3.05) is 0 Å². The Balaban J connectivity index is 0.000000296. The highest BCUT2D eigenvalue weighted by Gasteiger charge is 2.18. The quantitative estimate of drug-likeness (QED) is 0.0619. The zero-order valence-electron chi connectivity index (χ0n) is 53.4. The Morgan fingerprint density at radius 1 is 0.121 bits per heavy atom. The number of benzene rings is 14. The van der Waals surface area contributed by atoms with Crippen LogP contribution in [0.25, 0.3) is 0 Å². The van der Waals surface area contributed by atoms with Crippen molar-refractivity contribution in [1.82, 2.24) is 0 Å². The molecule has 3 nitrogen and oxygen atoms in total. The van der Waals surface area contributed by atoms with Crippen LogP contribution in [-0.2, 0) is 0 Å². The molecule has 504 valence electrons. The molecule has 99 heavy (non-hydrogen) atoms. The third-order valence-corrected chi connectivity index (χ3v) is 30.6. The highest BCUT2D eigenvalue weighted by atomic mass is 127. The maximum absolute atomic E-state index is 8.42. The molecule has 0 bridgehead atoms. The van der Waals surface area contributed by atoms with E-state index in [9.17, 15) is 0 Å². The molecule has 0 unspecified atom stereocenters. The molecule has 14 aromatic rings. The van der Waals surface area contributed by atoms with Crippen LogP contribution in [0, 0.1) is 50.0 Å². The lowest BCUT2D eigenvalue weighted by Crippen LogP contribution is -3.61. The van der Waals surface area contributed by atoms with Crippen LogP contribution in [0.2, 0.25) is 0 Å². The third-order valence-electron chi connectivity index (χ3n) is 11.8. The van der Waals surface area contributed by atoms with E-state index < -0.39 is 7.32 Å². The molecule has 0 aromatic heterocycles. The highest BCUT2D eigenvalue weighted by Crippen LogP contribution is 1.93. The van der Waals surface area contributed by atoms with E-state index in [1.165, 1.54) is 50.0 Å². The zero-order valence-corrected chi connectivity index (χ0v) is 68.5. The second kappa shape index (κ2) is 56.5. The molecule has 15 heteroatoms. The van der Waals surface area contributed by atoms with Gasteiger partial charge in [-0.3, -0.25) is 7.32 Å². The molecule has 0 atom stereocenters. The highest BCUT2D eigenvalue weighted by molar-refractivity contribution is 6.24. The van der Waals surface area contributed by atoms with Gasteiger partial charge in [0.15, 0.2) is 50.0 Å². The maximum Gasteiger partial charge on any atom is 0.357 e. The number of hydrogen-bond donors (Lipinski definition) is 0. The van der Waals surface area contributed by atoms with Crippen molar-refractivity contribution in [3.05, 3.63) is 475 Å². The van der Waals surface area contributed by atoms with E-state index in [1.54, 1.807) is 0 Å². The first-order valence-corrected chi connectivity index (χ1v) is 45.2. The zero-order chi connectivity index (χ0) is 66.1. The molecular formula is C84H70BF4I7O3. The first-order valence-electron chi connectivity index (χ1n) is 30.1. The summed E-state index contributed by atoms with van der Waals surface area (Å²) in [6, 6.07) is 150. The van der Waals surface area contributed by atoms with Crippen LogP contribution in [0.15, 0.2) is 425 Å². The Hall–Kier alpha value is -6.15. The summed E-state index contributed by atoms with van der Waals surface area (Å²) in [7, 11) is -2.92. The molecule has 0 spiro atoms. The lowest BCUT2D eigenvalue weighted by Gasteiger charge is -2.35. The van der Waals surface area contributed by atoms with E-state index >= 15 is 0 Å². The number of hydrogen-bond acceptors (Lipinski definition) is 3. The molecule has 0 radical (unpaired) electrons. The Labute approximate surface area is 655 Å². The van der Waals surface area contributed by atoms with Crippen LogP contribution < -0.4 is 182 Å². The van der Waals surface area contributed by atoms with Crippen molar-refractivity contribution in [2.45, 2.75) is 0 Å². The van der Waals surface area contributed by atoms with Crippen molar-refractivity contribution in [1.29, 1.82) is 0 Å². The van der Waals surface area contributed by atoms with E-state index in [-0.39, 0.29) is 167 Å². The monoisotopic (exact) mass is 2100 g/mol. The topological polar surface area (TPSA) is 69.2 Å². The van der Waals surface area contributed by atoms with Gasteiger partial charge in [0.1, 0.15) is 0 Å². The van der Waals surface area contributed by atoms with Gasteiger partial charge in [-0.25, -0.2) is 0 Å². The van der Waals surface area contributed by atoms with Gasteiger partial charge in [0.25, 0.3) is 0 Å². The molecule has 0 aliphatic carbocycles. The molecule has 0 amide bonds. The van der Waals surface area contributed by atoms with E-state index in [0.717, 1.165) is 0 Å². The van der Waals surface area contributed by atoms with Gasteiger partial charge in [-0.2, -0.15) is 0 Å². The molecule has 0 aliphatic rings. The maximum atomic E-state index is 8.42. The van der Waals surface area contributed by atoms with Gasteiger partial charge in [-0.1, -0.05) is 255 Å². The average molecular weight is 2100 g/mol. The second-order valence-electron chi connectivity index (χ2n) is 19.1. The summed E-state index contributed by atoms with van der Waals surface area (Å²) in [6.45, 7) is 0. The van der Waals surface area contributed by atoms with E-state index in [2.05, 4.69) is 425 Å². The summed E-state index contributed by atoms with van der Waals surface area (Å²) in [4.78, 5) is 0. The standard InChI is InChI=1S/7C12H10I.BO3.4FH/c7*1-3-7-11(8-4-1)13-12-9-5-2-6-10-12;2-1(3)4;;;;/h7*1-10H;;4*1H/q7*+1;-3;;;;/p-4. The molecule has 14 rings (SSSR count). The first-order chi connectivity index (χ1) is 46.9. The normalized spacial score (nSPS) is 9.32. The van der Waals surface area contributed by atoms with Crippen molar-refractivity contribution in [3.8, 4) is 0 Å². The van der Waals surface area contributed by atoms with Gasteiger partial charge < -0.3 is 33.9 Å². The van der Waals surface area contributed by atoms with Crippen molar-refractivity contribution >= 4 is 7.32 Å².